The van der Waals surface area contributed by atoms with Crippen LogP contribution < -0.4 is 5.32 Å². The predicted molar refractivity (Wildman–Crippen MR) is 247 cm³/mol. The number of aliphatic carboxylic acids is 1. The van der Waals surface area contributed by atoms with Crippen LogP contribution in [0, 0.1) is 44.8 Å². The fraction of sp³-hybridized carbons (Fsp3) is 0.882. The summed E-state index contributed by atoms with van der Waals surface area (Å²) >= 11 is 0. The molecule has 2 saturated carbocycles. The lowest BCUT2D eigenvalue weighted by Crippen LogP contribution is -2.69. The van der Waals surface area contributed by atoms with E-state index in [-0.39, 0.29) is 22.7 Å². The Hall–Kier alpha value is -2.14. The first kappa shape index (κ1) is 54.6. The quantitative estimate of drug-likeness (QED) is 0.112. The van der Waals surface area contributed by atoms with Crippen LogP contribution in [0.15, 0.2) is 23.3 Å². The summed E-state index contributed by atoms with van der Waals surface area (Å²) in [6.07, 6.45) is -13.9. The summed E-state index contributed by atoms with van der Waals surface area (Å²) in [6, 6.07) is -1.43. The third kappa shape index (κ3) is 9.53. The van der Waals surface area contributed by atoms with Crippen LogP contribution in [0.25, 0.3) is 0 Å². The summed E-state index contributed by atoms with van der Waals surface area (Å²) in [5.41, 5.74) is 1.22. The fourth-order valence-corrected chi connectivity index (χ4v) is 14.4. The summed E-state index contributed by atoms with van der Waals surface area (Å²) in [4.78, 5) is 26.4. The van der Waals surface area contributed by atoms with Gasteiger partial charge in [0, 0.05) is 6.92 Å². The summed E-state index contributed by atoms with van der Waals surface area (Å²) < 4.78 is 37.5. The standard InChI is InChI=1S/C51H83NO17/c1-24(11-12-25(2)47(4,5)6)27-16-20-51(46(62)63)29-13-14-33-48(7,8)34(17-18-49(33,9)28(29)15-19-50(27,51)10)67-45-42(69-43-35(52-26(3)55)39(60)37(58)31(21-53)65-43)41(38(59)32(22-54)66-45)68-44-40(61)36(57)30(56)23-64-44/h24,27,30-45,53-54,56-61H,2,11-23H2,1,3-10H3,(H,52,55)(H,62,63)/t24-,27-,30+,31-,32-,33?,34+,35-,36+,37-,38+,39-,40-,41+,42-,43+,44+,45+,49-,50-,51+/m1/s1. The van der Waals surface area contributed by atoms with Gasteiger partial charge in [-0.2, -0.15) is 0 Å². The molecule has 18 nitrogen and oxygen atoms in total. The molecule has 10 N–H and O–H groups in total. The molecule has 18 heteroatoms. The van der Waals surface area contributed by atoms with Crippen LogP contribution in [0.2, 0.25) is 0 Å². The number of aliphatic hydroxyl groups excluding tert-OH is 8. The number of carboxylic acids is 1. The van der Waals surface area contributed by atoms with Crippen LogP contribution in [0.1, 0.15) is 127 Å². The van der Waals surface area contributed by atoms with Gasteiger partial charge in [0.25, 0.3) is 0 Å². The highest BCUT2D eigenvalue weighted by Gasteiger charge is 2.69. The molecule has 3 saturated heterocycles. The summed E-state index contributed by atoms with van der Waals surface area (Å²) in [5, 5.41) is 100. The van der Waals surface area contributed by atoms with Crippen molar-refractivity contribution in [2.45, 2.75) is 219 Å². The first-order valence-electron chi connectivity index (χ1n) is 25.3. The number of rotatable bonds is 14. The third-order valence-corrected chi connectivity index (χ3v) is 18.6. The number of ether oxygens (including phenoxy) is 6. The lowest BCUT2D eigenvalue weighted by molar-refractivity contribution is -0.389. The van der Waals surface area contributed by atoms with Crippen molar-refractivity contribution >= 4 is 11.9 Å². The maximum absolute atomic E-state index is 14.0. The van der Waals surface area contributed by atoms with E-state index in [4.69, 9.17) is 28.4 Å². The number of hydrogen-bond acceptors (Lipinski definition) is 16. The molecular formula is C51H83NO17. The number of nitrogens with one attached hydrogen (secondary N) is 1. The Morgan fingerprint density at radius 1 is 0.783 bits per heavy atom. The highest BCUT2D eigenvalue weighted by molar-refractivity contribution is 5.82. The van der Waals surface area contributed by atoms with Crippen molar-refractivity contribution in [1.29, 1.82) is 0 Å². The van der Waals surface area contributed by atoms with Crippen LogP contribution in [0.3, 0.4) is 0 Å². The zero-order valence-corrected chi connectivity index (χ0v) is 42.1. The molecule has 0 aromatic rings. The second-order valence-electron chi connectivity index (χ2n) is 23.7. The van der Waals surface area contributed by atoms with Crippen molar-refractivity contribution in [1.82, 2.24) is 5.32 Å². The Morgan fingerprint density at radius 3 is 2.04 bits per heavy atom. The molecule has 7 aliphatic rings. The van der Waals surface area contributed by atoms with Gasteiger partial charge < -0.3 is 79.7 Å². The average molecular weight is 982 g/mol. The molecular weight excluding hydrogens is 899 g/mol. The van der Waals surface area contributed by atoms with E-state index in [2.05, 4.69) is 67.3 Å². The predicted octanol–water partition coefficient (Wildman–Crippen LogP) is 2.44. The SMILES string of the molecule is C=C(CC[C@@H](C)[C@H]1CC[C@@]2(C(=O)O)C3=C(CC[C@]12C)[C@@]1(C)CC[C@H](O[C@@H]2O[C@H](CO)[C@H](O)[C@H](O[C@@H]4OC[C@H](O)[C@H](O)[C@H]4O)[C@H]2O[C@@H]2O[C@H](CO)[C@@H](O)[C@H](O)[C@H]2NC(C)=O)C(C)(C)C1CC3)C(C)(C)C. The number of fused-ring (bicyclic) bond motifs is 4. The molecule has 0 aromatic heterocycles. The van der Waals surface area contributed by atoms with Gasteiger partial charge in [0.1, 0.15) is 67.1 Å². The minimum atomic E-state index is -1.80. The number of carboxylic acid groups (broad SMARTS) is 1. The molecule has 21 atom stereocenters. The van der Waals surface area contributed by atoms with E-state index >= 15 is 0 Å². The van der Waals surface area contributed by atoms with Crippen LogP contribution in [0.5, 0.6) is 0 Å². The second kappa shape index (κ2) is 20.3. The van der Waals surface area contributed by atoms with Crippen LogP contribution in [-0.2, 0) is 38.0 Å². The van der Waals surface area contributed by atoms with E-state index in [1.165, 1.54) is 18.1 Å². The van der Waals surface area contributed by atoms with E-state index in [0.29, 0.717) is 38.0 Å². The van der Waals surface area contributed by atoms with E-state index in [9.17, 15) is 55.5 Å². The molecule has 394 valence electrons. The van der Waals surface area contributed by atoms with E-state index in [0.717, 1.165) is 37.7 Å². The van der Waals surface area contributed by atoms with Crippen LogP contribution in [-0.4, -0.2) is 170 Å². The molecule has 7 rings (SSSR count). The number of allylic oxidation sites excluding steroid dienone is 2. The van der Waals surface area contributed by atoms with Crippen molar-refractivity contribution in [3.8, 4) is 0 Å². The molecule has 69 heavy (non-hydrogen) atoms. The molecule has 0 bridgehead atoms. The zero-order chi connectivity index (χ0) is 50.9. The number of carbonyl (C=O) groups excluding carboxylic acids is 1. The lowest BCUT2D eigenvalue weighted by atomic mass is 9.43. The first-order valence-corrected chi connectivity index (χ1v) is 25.3. The molecule has 0 spiro atoms. The van der Waals surface area contributed by atoms with Gasteiger partial charge in [-0.3, -0.25) is 9.59 Å². The second-order valence-corrected chi connectivity index (χ2v) is 23.7. The van der Waals surface area contributed by atoms with Gasteiger partial charge in [-0.05, 0) is 104 Å². The van der Waals surface area contributed by atoms with Gasteiger partial charge in [0.15, 0.2) is 18.9 Å². The highest BCUT2D eigenvalue weighted by Crippen LogP contribution is 2.73. The zero-order valence-electron chi connectivity index (χ0n) is 42.1. The van der Waals surface area contributed by atoms with Gasteiger partial charge in [0.2, 0.25) is 5.91 Å². The Morgan fingerprint density at radius 2 is 1.42 bits per heavy atom. The summed E-state index contributed by atoms with van der Waals surface area (Å²) in [6.45, 7) is 21.3. The van der Waals surface area contributed by atoms with Crippen LogP contribution in [0.4, 0.5) is 0 Å². The molecule has 3 heterocycles. The topological polar surface area (TPSA) is 284 Å². The third-order valence-electron chi connectivity index (χ3n) is 18.6. The maximum Gasteiger partial charge on any atom is 0.314 e. The minimum absolute atomic E-state index is 0.00915. The first-order chi connectivity index (χ1) is 32.2. The van der Waals surface area contributed by atoms with Crippen molar-refractivity contribution < 1.29 is 84.0 Å². The summed E-state index contributed by atoms with van der Waals surface area (Å²) in [5.74, 6) is -0.753. The van der Waals surface area contributed by atoms with Gasteiger partial charge in [-0.25, -0.2) is 0 Å². The lowest BCUT2D eigenvalue weighted by Gasteiger charge is -2.62. The number of aliphatic hydroxyl groups is 8. The Bertz CT molecular complexity index is 1910. The number of hydrogen-bond donors (Lipinski definition) is 10. The van der Waals surface area contributed by atoms with Crippen molar-refractivity contribution in [2.24, 2.45) is 44.8 Å². The Balaban J connectivity index is 1.20. The van der Waals surface area contributed by atoms with Crippen molar-refractivity contribution in [3.63, 3.8) is 0 Å². The van der Waals surface area contributed by atoms with E-state index in [1.54, 1.807) is 0 Å². The van der Waals surface area contributed by atoms with Gasteiger partial charge in [0.05, 0.1) is 31.3 Å². The average Bonchev–Trinajstić information content (AvgIpc) is 3.61. The molecule has 5 fully saturated rings. The summed E-state index contributed by atoms with van der Waals surface area (Å²) in [7, 11) is 0. The maximum atomic E-state index is 14.0. The van der Waals surface area contributed by atoms with Crippen molar-refractivity contribution in [2.75, 3.05) is 19.8 Å². The van der Waals surface area contributed by atoms with E-state index in [1.807, 2.05) is 0 Å². The Kier molecular flexibility index (Phi) is 16.1. The molecule has 1 unspecified atom stereocenters. The van der Waals surface area contributed by atoms with Gasteiger partial charge in [-0.1, -0.05) is 78.7 Å². The molecule has 0 aromatic carbocycles. The highest BCUT2D eigenvalue weighted by atomic mass is 16.8. The number of carbonyl (C=O) groups is 2. The molecule has 3 aliphatic heterocycles. The normalized spacial score (nSPS) is 46.0. The molecule has 1 amide bonds. The monoisotopic (exact) mass is 982 g/mol. The smallest absolute Gasteiger partial charge is 0.314 e. The largest absolute Gasteiger partial charge is 0.481 e. The van der Waals surface area contributed by atoms with E-state index < -0.39 is 140 Å². The fourth-order valence-electron chi connectivity index (χ4n) is 14.4. The Labute approximate surface area is 406 Å². The minimum Gasteiger partial charge on any atom is -0.481 e. The number of amides is 1. The van der Waals surface area contributed by atoms with Gasteiger partial charge in [-0.15, -0.1) is 0 Å². The molecule has 4 aliphatic carbocycles. The van der Waals surface area contributed by atoms with Crippen molar-refractivity contribution in [3.05, 3.63) is 23.3 Å². The van der Waals surface area contributed by atoms with Crippen LogP contribution >= 0.6 is 0 Å². The molecule has 0 radical (unpaired) electrons. The van der Waals surface area contributed by atoms with Gasteiger partial charge >= 0.3 is 5.97 Å².